The Hall–Kier alpha value is -2.10. The minimum atomic E-state index is 0.353. The summed E-state index contributed by atoms with van der Waals surface area (Å²) in [6.45, 7) is 7.27. The maximum Gasteiger partial charge on any atom is 0.141 e. The molecular formula is C16H22N4. The van der Waals surface area contributed by atoms with Crippen LogP contribution in [0.2, 0.25) is 0 Å². The van der Waals surface area contributed by atoms with Gasteiger partial charge in [0.25, 0.3) is 0 Å². The summed E-state index contributed by atoms with van der Waals surface area (Å²) in [5, 5.41) is 3.33. The second kappa shape index (κ2) is 6.37. The molecule has 1 heterocycles. The summed E-state index contributed by atoms with van der Waals surface area (Å²) in [4.78, 5) is 11.0. The molecule has 1 aromatic carbocycles. The molecule has 4 nitrogen and oxygen atoms in total. The van der Waals surface area contributed by atoms with Gasteiger partial charge >= 0.3 is 0 Å². The Morgan fingerprint density at radius 3 is 2.45 bits per heavy atom. The zero-order valence-electron chi connectivity index (χ0n) is 12.6. The Morgan fingerprint density at radius 2 is 1.85 bits per heavy atom. The Balaban J connectivity index is 2.48. The molecule has 20 heavy (non-hydrogen) atoms. The molecule has 0 unspecified atom stereocenters. The highest BCUT2D eigenvalue weighted by molar-refractivity contribution is 5.67. The van der Waals surface area contributed by atoms with Gasteiger partial charge in [-0.3, -0.25) is 0 Å². The predicted octanol–water partition coefficient (Wildman–Crippen LogP) is 3.80. The Morgan fingerprint density at radius 1 is 1.15 bits per heavy atom. The van der Waals surface area contributed by atoms with Gasteiger partial charge < -0.3 is 10.2 Å². The van der Waals surface area contributed by atoms with Crippen molar-refractivity contribution in [3.05, 3.63) is 42.2 Å². The topological polar surface area (TPSA) is 41.1 Å². The molecule has 0 saturated heterocycles. The average molecular weight is 270 g/mol. The van der Waals surface area contributed by atoms with Gasteiger partial charge in [-0.05, 0) is 25.0 Å². The van der Waals surface area contributed by atoms with Crippen molar-refractivity contribution in [3.63, 3.8) is 0 Å². The van der Waals surface area contributed by atoms with Crippen molar-refractivity contribution in [1.29, 1.82) is 0 Å². The van der Waals surface area contributed by atoms with Gasteiger partial charge in [0.2, 0.25) is 0 Å². The van der Waals surface area contributed by atoms with Crippen LogP contribution in [0.1, 0.15) is 32.3 Å². The summed E-state index contributed by atoms with van der Waals surface area (Å²) < 4.78 is 0. The third-order valence-corrected chi connectivity index (χ3v) is 3.25. The first-order valence-corrected chi connectivity index (χ1v) is 7.02. The highest BCUT2D eigenvalue weighted by Gasteiger charge is 2.18. The van der Waals surface area contributed by atoms with E-state index in [9.17, 15) is 0 Å². The third kappa shape index (κ3) is 2.90. The quantitative estimate of drug-likeness (QED) is 0.897. The standard InChI is InChI=1S/C16H22N4/c1-5-17-15-14(12(2)3)16(19-11-18-15)20(4)13-9-7-6-8-10-13/h6-12H,5H2,1-4H3,(H,17,18,19). The number of rotatable bonds is 5. The van der Waals surface area contributed by atoms with Crippen LogP contribution < -0.4 is 10.2 Å². The number of hydrogen-bond acceptors (Lipinski definition) is 4. The van der Waals surface area contributed by atoms with E-state index < -0.39 is 0 Å². The van der Waals surface area contributed by atoms with E-state index in [1.54, 1.807) is 6.33 Å². The van der Waals surface area contributed by atoms with E-state index >= 15 is 0 Å². The second-order valence-corrected chi connectivity index (χ2v) is 5.04. The minimum absolute atomic E-state index is 0.353. The monoisotopic (exact) mass is 270 g/mol. The SMILES string of the molecule is CCNc1ncnc(N(C)c2ccccc2)c1C(C)C. The minimum Gasteiger partial charge on any atom is -0.370 e. The first kappa shape index (κ1) is 14.3. The van der Waals surface area contributed by atoms with Crippen molar-refractivity contribution in [2.75, 3.05) is 23.8 Å². The van der Waals surface area contributed by atoms with Crippen molar-refractivity contribution in [3.8, 4) is 0 Å². The predicted molar refractivity (Wildman–Crippen MR) is 84.8 cm³/mol. The average Bonchev–Trinajstić information content (AvgIpc) is 2.47. The molecule has 106 valence electrons. The molecule has 0 spiro atoms. The molecule has 0 atom stereocenters. The van der Waals surface area contributed by atoms with E-state index in [0.29, 0.717) is 5.92 Å². The Bertz CT molecular complexity index is 552. The lowest BCUT2D eigenvalue weighted by Gasteiger charge is -2.24. The van der Waals surface area contributed by atoms with Gasteiger partial charge in [-0.1, -0.05) is 32.0 Å². The maximum absolute atomic E-state index is 4.49. The second-order valence-electron chi connectivity index (χ2n) is 5.04. The lowest BCUT2D eigenvalue weighted by molar-refractivity contribution is 0.839. The van der Waals surface area contributed by atoms with Crippen LogP contribution >= 0.6 is 0 Å². The Kier molecular flexibility index (Phi) is 4.56. The molecule has 0 aliphatic carbocycles. The summed E-state index contributed by atoms with van der Waals surface area (Å²) >= 11 is 0. The fourth-order valence-corrected chi connectivity index (χ4v) is 2.27. The molecule has 0 bridgehead atoms. The van der Waals surface area contributed by atoms with Crippen LogP contribution in [0.5, 0.6) is 0 Å². The lowest BCUT2D eigenvalue weighted by Crippen LogP contribution is -2.16. The number of anilines is 3. The van der Waals surface area contributed by atoms with Crippen molar-refractivity contribution in [1.82, 2.24) is 9.97 Å². The van der Waals surface area contributed by atoms with Gasteiger partial charge in [-0.15, -0.1) is 0 Å². The van der Waals surface area contributed by atoms with Crippen molar-refractivity contribution >= 4 is 17.3 Å². The van der Waals surface area contributed by atoms with Gasteiger partial charge in [0.15, 0.2) is 0 Å². The molecule has 2 rings (SSSR count). The molecular weight excluding hydrogens is 248 g/mol. The number of benzene rings is 1. The summed E-state index contributed by atoms with van der Waals surface area (Å²) in [5.41, 5.74) is 2.27. The first-order chi connectivity index (χ1) is 9.65. The number of nitrogens with zero attached hydrogens (tertiary/aromatic N) is 3. The highest BCUT2D eigenvalue weighted by atomic mass is 15.2. The zero-order valence-corrected chi connectivity index (χ0v) is 12.6. The highest BCUT2D eigenvalue weighted by Crippen LogP contribution is 2.33. The van der Waals surface area contributed by atoms with Gasteiger partial charge in [0, 0.05) is 24.8 Å². The molecule has 1 N–H and O–H groups in total. The number of hydrogen-bond donors (Lipinski definition) is 1. The molecule has 2 aromatic rings. The van der Waals surface area contributed by atoms with Gasteiger partial charge in [-0.2, -0.15) is 0 Å². The Labute approximate surface area is 120 Å². The molecule has 4 heteroatoms. The van der Waals surface area contributed by atoms with Gasteiger partial charge in [0.05, 0.1) is 0 Å². The van der Waals surface area contributed by atoms with E-state index in [0.717, 1.165) is 29.4 Å². The van der Waals surface area contributed by atoms with E-state index in [2.05, 4.69) is 53.1 Å². The van der Waals surface area contributed by atoms with Crippen LogP contribution in [0, 0.1) is 0 Å². The molecule has 1 aromatic heterocycles. The van der Waals surface area contributed by atoms with Crippen LogP contribution in [0.4, 0.5) is 17.3 Å². The molecule has 0 radical (unpaired) electrons. The van der Waals surface area contributed by atoms with Crippen LogP contribution in [-0.2, 0) is 0 Å². The summed E-state index contributed by atoms with van der Waals surface area (Å²) in [5.74, 6) is 2.24. The maximum atomic E-state index is 4.49. The summed E-state index contributed by atoms with van der Waals surface area (Å²) in [6, 6.07) is 10.3. The van der Waals surface area contributed by atoms with Crippen LogP contribution in [0.25, 0.3) is 0 Å². The van der Waals surface area contributed by atoms with E-state index in [-0.39, 0.29) is 0 Å². The zero-order chi connectivity index (χ0) is 14.5. The third-order valence-electron chi connectivity index (χ3n) is 3.25. The molecule has 0 fully saturated rings. The smallest absolute Gasteiger partial charge is 0.141 e. The van der Waals surface area contributed by atoms with E-state index in [1.165, 1.54) is 0 Å². The molecule has 0 amide bonds. The first-order valence-electron chi connectivity index (χ1n) is 7.02. The van der Waals surface area contributed by atoms with Gasteiger partial charge in [-0.25, -0.2) is 9.97 Å². The molecule has 0 aliphatic rings. The lowest BCUT2D eigenvalue weighted by atomic mass is 10.0. The molecule has 0 saturated carbocycles. The number of para-hydroxylation sites is 1. The van der Waals surface area contributed by atoms with Crippen molar-refractivity contribution in [2.24, 2.45) is 0 Å². The van der Waals surface area contributed by atoms with Crippen LogP contribution in [-0.4, -0.2) is 23.6 Å². The van der Waals surface area contributed by atoms with Crippen LogP contribution in [0.15, 0.2) is 36.7 Å². The van der Waals surface area contributed by atoms with Crippen molar-refractivity contribution in [2.45, 2.75) is 26.7 Å². The summed E-state index contributed by atoms with van der Waals surface area (Å²) in [6.07, 6.45) is 1.62. The number of aromatic nitrogens is 2. The van der Waals surface area contributed by atoms with Crippen LogP contribution in [0.3, 0.4) is 0 Å². The fraction of sp³-hybridized carbons (Fsp3) is 0.375. The largest absolute Gasteiger partial charge is 0.370 e. The van der Waals surface area contributed by atoms with Gasteiger partial charge in [0.1, 0.15) is 18.0 Å². The fourth-order valence-electron chi connectivity index (χ4n) is 2.27. The van der Waals surface area contributed by atoms with Crippen molar-refractivity contribution < 1.29 is 0 Å². The number of nitrogens with one attached hydrogen (secondary N) is 1. The normalized spacial score (nSPS) is 10.7. The summed E-state index contributed by atoms with van der Waals surface area (Å²) in [7, 11) is 2.04. The van der Waals surface area contributed by atoms with E-state index in [4.69, 9.17) is 0 Å². The van der Waals surface area contributed by atoms with E-state index in [1.807, 2.05) is 25.2 Å². The molecule has 0 aliphatic heterocycles.